The summed E-state index contributed by atoms with van der Waals surface area (Å²) >= 11 is 0. The van der Waals surface area contributed by atoms with E-state index in [1.165, 1.54) is 17.0 Å². The number of carbonyl (C=O) groups excluding carboxylic acids is 1. The third-order valence-corrected chi connectivity index (χ3v) is 4.16. The Morgan fingerprint density at radius 1 is 1.35 bits per heavy atom. The smallest absolute Gasteiger partial charge is 0.335 e. The van der Waals surface area contributed by atoms with Gasteiger partial charge in [0.25, 0.3) is 0 Å². The number of rotatable bonds is 4. The molecular weight excluding hydrogens is 282 g/mol. The van der Waals surface area contributed by atoms with Crippen molar-refractivity contribution in [2.24, 2.45) is 0 Å². The number of benzene rings is 1. The topological polar surface area (TPSA) is 91.8 Å². The van der Waals surface area contributed by atoms with Gasteiger partial charge in [-0.25, -0.2) is 13.2 Å². The van der Waals surface area contributed by atoms with Crippen molar-refractivity contribution in [1.29, 1.82) is 0 Å². The van der Waals surface area contributed by atoms with Crippen LogP contribution in [0, 0.1) is 0 Å². The van der Waals surface area contributed by atoms with Crippen LogP contribution in [0.5, 0.6) is 0 Å². The molecule has 0 radical (unpaired) electrons. The minimum absolute atomic E-state index is 0.0877. The first-order valence-electron chi connectivity index (χ1n) is 6.12. The molecule has 0 aromatic heterocycles. The van der Waals surface area contributed by atoms with Crippen molar-refractivity contribution in [3.63, 3.8) is 0 Å². The first-order chi connectivity index (χ1) is 9.28. The van der Waals surface area contributed by atoms with Gasteiger partial charge in [-0.1, -0.05) is 6.07 Å². The molecule has 7 heteroatoms. The van der Waals surface area contributed by atoms with Gasteiger partial charge in [-0.2, -0.15) is 0 Å². The van der Waals surface area contributed by atoms with Gasteiger partial charge in [0.1, 0.15) is 9.84 Å². The molecule has 0 fully saturated rings. The van der Waals surface area contributed by atoms with Crippen LogP contribution >= 0.6 is 0 Å². The molecule has 1 aromatic carbocycles. The number of aromatic carboxylic acids is 1. The van der Waals surface area contributed by atoms with Crippen LogP contribution in [-0.4, -0.2) is 44.0 Å². The molecule has 6 nitrogen and oxygen atoms in total. The number of sulfone groups is 1. The Balaban J connectivity index is 2.20. The molecule has 0 atom stereocenters. The van der Waals surface area contributed by atoms with Gasteiger partial charge >= 0.3 is 5.97 Å². The minimum atomic E-state index is -3.19. The van der Waals surface area contributed by atoms with E-state index < -0.39 is 15.8 Å². The highest BCUT2D eigenvalue weighted by molar-refractivity contribution is 7.90. The lowest BCUT2D eigenvalue weighted by molar-refractivity contribution is -0.118. The Kier molecular flexibility index (Phi) is 3.80. The summed E-state index contributed by atoms with van der Waals surface area (Å²) in [5, 5.41) is 8.97. The first-order valence-corrected chi connectivity index (χ1v) is 8.18. The second-order valence-electron chi connectivity index (χ2n) is 4.82. The molecule has 1 N–H and O–H groups in total. The van der Waals surface area contributed by atoms with Crippen molar-refractivity contribution in [3.05, 3.63) is 29.3 Å². The zero-order chi connectivity index (χ0) is 14.9. The summed E-state index contributed by atoms with van der Waals surface area (Å²) < 4.78 is 22.2. The molecule has 1 aliphatic rings. The molecule has 0 bridgehead atoms. The van der Waals surface area contributed by atoms with E-state index in [4.69, 9.17) is 5.11 Å². The van der Waals surface area contributed by atoms with Gasteiger partial charge in [-0.05, 0) is 24.1 Å². The Bertz CT molecular complexity index is 665. The summed E-state index contributed by atoms with van der Waals surface area (Å²) in [5.74, 6) is -1.55. The van der Waals surface area contributed by atoms with E-state index >= 15 is 0 Å². The molecule has 0 saturated carbocycles. The summed E-state index contributed by atoms with van der Waals surface area (Å²) in [6, 6.07) is 4.66. The fraction of sp³-hybridized carbons (Fsp3) is 0.385. The third kappa shape index (κ3) is 3.16. The van der Waals surface area contributed by atoms with E-state index in [0.29, 0.717) is 18.7 Å². The lowest BCUT2D eigenvalue weighted by atomic mass is 10.1. The van der Waals surface area contributed by atoms with Gasteiger partial charge < -0.3 is 10.0 Å². The van der Waals surface area contributed by atoms with E-state index in [2.05, 4.69) is 0 Å². The van der Waals surface area contributed by atoms with Crippen LogP contribution in [0.3, 0.4) is 0 Å². The van der Waals surface area contributed by atoms with Crippen molar-refractivity contribution in [3.8, 4) is 0 Å². The molecule has 0 aliphatic carbocycles. The summed E-state index contributed by atoms with van der Waals surface area (Å²) in [7, 11) is -3.19. The van der Waals surface area contributed by atoms with Gasteiger partial charge in [0.15, 0.2) is 0 Å². The van der Waals surface area contributed by atoms with Crippen LogP contribution in [0.1, 0.15) is 22.3 Å². The lowest BCUT2D eigenvalue weighted by Gasteiger charge is -2.17. The molecule has 20 heavy (non-hydrogen) atoms. The predicted octanol–water partition coefficient (Wildman–Crippen LogP) is 0.709. The molecule has 0 unspecified atom stereocenters. The van der Waals surface area contributed by atoms with Gasteiger partial charge in [0.2, 0.25) is 5.91 Å². The molecule has 1 aliphatic heterocycles. The Morgan fingerprint density at radius 3 is 2.65 bits per heavy atom. The fourth-order valence-corrected chi connectivity index (χ4v) is 2.72. The average Bonchev–Trinajstić information content (AvgIpc) is 2.77. The highest BCUT2D eigenvalue weighted by Gasteiger charge is 2.26. The largest absolute Gasteiger partial charge is 0.478 e. The number of hydrogen-bond acceptors (Lipinski definition) is 4. The van der Waals surface area contributed by atoms with Crippen molar-refractivity contribution >= 4 is 27.4 Å². The van der Waals surface area contributed by atoms with E-state index in [1.54, 1.807) is 6.07 Å². The number of hydrogen-bond donors (Lipinski definition) is 1. The third-order valence-electron chi connectivity index (χ3n) is 3.22. The summed E-state index contributed by atoms with van der Waals surface area (Å²) in [6.07, 6.45) is 1.65. The number of fused-ring (bicyclic) bond motifs is 1. The summed E-state index contributed by atoms with van der Waals surface area (Å²) in [4.78, 5) is 24.5. The van der Waals surface area contributed by atoms with Crippen LogP contribution in [0.2, 0.25) is 0 Å². The lowest BCUT2D eigenvalue weighted by Crippen LogP contribution is -2.30. The zero-order valence-corrected chi connectivity index (χ0v) is 11.8. The maximum atomic E-state index is 12.0. The monoisotopic (exact) mass is 297 g/mol. The second-order valence-corrected chi connectivity index (χ2v) is 7.08. The standard InChI is InChI=1S/C13H15NO5S/c1-20(18,19)7-5-12(15)14-6-4-9-2-3-10(13(16)17)8-11(9)14/h2-3,8H,4-7H2,1H3,(H,16,17). The van der Waals surface area contributed by atoms with E-state index in [0.717, 1.165) is 11.8 Å². The van der Waals surface area contributed by atoms with Crippen LogP contribution in [0.4, 0.5) is 5.69 Å². The highest BCUT2D eigenvalue weighted by Crippen LogP contribution is 2.29. The quantitative estimate of drug-likeness (QED) is 0.883. The molecule has 0 spiro atoms. The molecule has 0 saturated heterocycles. The van der Waals surface area contributed by atoms with Crippen molar-refractivity contribution in [2.45, 2.75) is 12.8 Å². The second kappa shape index (κ2) is 5.24. The van der Waals surface area contributed by atoms with Gasteiger partial charge in [-0.15, -0.1) is 0 Å². The summed E-state index contributed by atoms with van der Waals surface area (Å²) in [5.41, 5.74) is 1.60. The Hall–Kier alpha value is -1.89. The SMILES string of the molecule is CS(=O)(=O)CCC(=O)N1CCc2ccc(C(=O)O)cc21. The number of carboxylic acid groups (broad SMARTS) is 1. The van der Waals surface area contributed by atoms with E-state index in [1.807, 2.05) is 0 Å². The maximum Gasteiger partial charge on any atom is 0.335 e. The van der Waals surface area contributed by atoms with Gasteiger partial charge in [-0.3, -0.25) is 4.79 Å². The van der Waals surface area contributed by atoms with Crippen LogP contribution < -0.4 is 4.90 Å². The fourth-order valence-electron chi connectivity index (χ4n) is 2.18. The maximum absolute atomic E-state index is 12.0. The summed E-state index contributed by atoms with van der Waals surface area (Å²) in [6.45, 7) is 0.459. The highest BCUT2D eigenvalue weighted by atomic mass is 32.2. The number of nitrogens with zero attached hydrogens (tertiary/aromatic N) is 1. The molecular formula is C13H15NO5S. The number of carbonyl (C=O) groups is 2. The molecule has 108 valence electrons. The van der Waals surface area contributed by atoms with Crippen LogP contribution in [0.25, 0.3) is 0 Å². The number of anilines is 1. The van der Waals surface area contributed by atoms with Gasteiger partial charge in [0, 0.05) is 24.9 Å². The predicted molar refractivity (Wildman–Crippen MR) is 73.8 cm³/mol. The number of amides is 1. The average molecular weight is 297 g/mol. The first kappa shape index (κ1) is 14.5. The van der Waals surface area contributed by atoms with Crippen LogP contribution in [0.15, 0.2) is 18.2 Å². The number of carboxylic acids is 1. The molecule has 1 heterocycles. The normalized spacial score (nSPS) is 14.2. The van der Waals surface area contributed by atoms with E-state index in [9.17, 15) is 18.0 Å². The molecule has 1 aromatic rings. The van der Waals surface area contributed by atoms with E-state index in [-0.39, 0.29) is 23.6 Å². The molecule has 2 rings (SSSR count). The van der Waals surface area contributed by atoms with Crippen LogP contribution in [-0.2, 0) is 21.1 Å². The Labute approximate surface area is 116 Å². The molecule has 1 amide bonds. The Morgan fingerprint density at radius 2 is 2.05 bits per heavy atom. The zero-order valence-electron chi connectivity index (χ0n) is 11.0. The van der Waals surface area contributed by atoms with Crippen molar-refractivity contribution in [1.82, 2.24) is 0 Å². The van der Waals surface area contributed by atoms with Crippen molar-refractivity contribution in [2.75, 3.05) is 23.5 Å². The van der Waals surface area contributed by atoms with Crippen molar-refractivity contribution < 1.29 is 23.1 Å². The van der Waals surface area contributed by atoms with Gasteiger partial charge in [0.05, 0.1) is 11.3 Å². The minimum Gasteiger partial charge on any atom is -0.478 e.